The lowest BCUT2D eigenvalue weighted by molar-refractivity contribution is 0.368. The molecule has 1 rings (SSSR count). The van der Waals surface area contributed by atoms with Crippen LogP contribution in [0.5, 0.6) is 5.75 Å². The lowest BCUT2D eigenvalue weighted by Crippen LogP contribution is -2.35. The molecule has 0 saturated heterocycles. The maximum Gasteiger partial charge on any atom is 0.159 e. The topological polar surface area (TPSA) is 39.1 Å². The van der Waals surface area contributed by atoms with E-state index < -0.39 is 0 Å². The van der Waals surface area contributed by atoms with Crippen LogP contribution in [0, 0.1) is 5.92 Å². The van der Waals surface area contributed by atoms with Gasteiger partial charge in [0.2, 0.25) is 0 Å². The van der Waals surface area contributed by atoms with E-state index in [1.165, 1.54) is 12.1 Å². The molecule has 0 spiro atoms. The van der Waals surface area contributed by atoms with Gasteiger partial charge in [0.05, 0.1) is 19.0 Å². The third-order valence-corrected chi connectivity index (χ3v) is 3.40. The largest absolute Gasteiger partial charge is 0.493 e. The van der Waals surface area contributed by atoms with E-state index in [-0.39, 0.29) is 0 Å². The Balaban J connectivity index is 2.57. The molecule has 1 atom stereocenters. The van der Waals surface area contributed by atoms with Crippen molar-refractivity contribution in [2.45, 2.75) is 46.1 Å². The molecule has 0 saturated carbocycles. The second-order valence-electron chi connectivity index (χ2n) is 5.13. The van der Waals surface area contributed by atoms with E-state index in [0.29, 0.717) is 12.0 Å². The first-order chi connectivity index (χ1) is 8.60. The fraction of sp³-hybridized carbons (Fsp3) is 0.786. The van der Waals surface area contributed by atoms with Gasteiger partial charge in [0.15, 0.2) is 5.75 Å². The number of nitrogens with one attached hydrogen (secondary N) is 1. The molecule has 0 amide bonds. The van der Waals surface area contributed by atoms with Gasteiger partial charge in [-0.25, -0.2) is 0 Å². The van der Waals surface area contributed by atoms with Crippen molar-refractivity contribution >= 4 is 0 Å². The van der Waals surface area contributed by atoms with Crippen LogP contribution in [0.15, 0.2) is 6.20 Å². The molecule has 4 heteroatoms. The number of methoxy groups -OCH3 is 1. The number of hydrogen-bond acceptors (Lipinski definition) is 3. The van der Waals surface area contributed by atoms with Crippen molar-refractivity contribution < 1.29 is 4.74 Å². The predicted octanol–water partition coefficient (Wildman–Crippen LogP) is 2.39. The second-order valence-corrected chi connectivity index (χ2v) is 5.13. The SMILES string of the molecule is CCCNC(CCc1c(OC)cnn1C)C(C)C. The summed E-state index contributed by atoms with van der Waals surface area (Å²) >= 11 is 0. The average molecular weight is 253 g/mol. The molecule has 1 heterocycles. The van der Waals surface area contributed by atoms with E-state index in [1.807, 2.05) is 11.7 Å². The standard InChI is InChI=1S/C14H27N3O/c1-6-9-15-12(11(2)3)7-8-13-14(18-5)10-16-17(13)4/h10-12,15H,6-9H2,1-5H3. The summed E-state index contributed by atoms with van der Waals surface area (Å²) in [5, 5.41) is 7.86. The van der Waals surface area contributed by atoms with Gasteiger partial charge in [0, 0.05) is 13.1 Å². The first kappa shape index (κ1) is 15.0. The van der Waals surface area contributed by atoms with Crippen molar-refractivity contribution in [1.82, 2.24) is 15.1 Å². The number of hydrogen-bond donors (Lipinski definition) is 1. The minimum Gasteiger partial charge on any atom is -0.493 e. The minimum absolute atomic E-state index is 0.560. The summed E-state index contributed by atoms with van der Waals surface area (Å²) in [4.78, 5) is 0. The Morgan fingerprint density at radius 3 is 2.72 bits per heavy atom. The smallest absolute Gasteiger partial charge is 0.159 e. The molecule has 18 heavy (non-hydrogen) atoms. The van der Waals surface area contributed by atoms with Crippen LogP contribution in [0.25, 0.3) is 0 Å². The van der Waals surface area contributed by atoms with Gasteiger partial charge in [-0.05, 0) is 31.7 Å². The fourth-order valence-electron chi connectivity index (χ4n) is 2.19. The molecule has 0 aliphatic carbocycles. The quantitative estimate of drug-likeness (QED) is 0.773. The Hall–Kier alpha value is -1.03. The van der Waals surface area contributed by atoms with E-state index in [0.717, 1.165) is 25.1 Å². The molecule has 0 radical (unpaired) electrons. The number of aromatic nitrogens is 2. The summed E-state index contributed by atoms with van der Waals surface area (Å²) < 4.78 is 7.25. The molecule has 1 aromatic heterocycles. The van der Waals surface area contributed by atoms with E-state index >= 15 is 0 Å². The van der Waals surface area contributed by atoms with Crippen molar-refractivity contribution in [1.29, 1.82) is 0 Å². The second kappa shape index (κ2) is 7.41. The van der Waals surface area contributed by atoms with Crippen molar-refractivity contribution in [3.8, 4) is 5.75 Å². The van der Waals surface area contributed by atoms with Crippen LogP contribution >= 0.6 is 0 Å². The summed E-state index contributed by atoms with van der Waals surface area (Å²) in [6.45, 7) is 7.83. The predicted molar refractivity (Wildman–Crippen MR) is 75.0 cm³/mol. The molecule has 1 unspecified atom stereocenters. The van der Waals surface area contributed by atoms with Crippen molar-refractivity contribution in [3.05, 3.63) is 11.9 Å². The highest BCUT2D eigenvalue weighted by Gasteiger charge is 2.15. The first-order valence-corrected chi connectivity index (χ1v) is 6.88. The summed E-state index contributed by atoms with van der Waals surface area (Å²) in [5.74, 6) is 1.55. The van der Waals surface area contributed by atoms with E-state index in [9.17, 15) is 0 Å². The molecule has 0 aliphatic rings. The van der Waals surface area contributed by atoms with Crippen LogP contribution in [0.3, 0.4) is 0 Å². The minimum atomic E-state index is 0.560. The monoisotopic (exact) mass is 253 g/mol. The van der Waals surface area contributed by atoms with Crippen LogP contribution in [-0.2, 0) is 13.5 Å². The average Bonchev–Trinajstić information content (AvgIpc) is 2.70. The number of nitrogens with zero attached hydrogens (tertiary/aromatic N) is 2. The van der Waals surface area contributed by atoms with E-state index in [4.69, 9.17) is 4.74 Å². The molecule has 1 aromatic rings. The molecule has 0 bridgehead atoms. The van der Waals surface area contributed by atoms with Crippen molar-refractivity contribution in [3.63, 3.8) is 0 Å². The molecular formula is C14H27N3O. The third kappa shape index (κ3) is 4.02. The molecule has 0 aromatic carbocycles. The van der Waals surface area contributed by atoms with Gasteiger partial charge in [0.1, 0.15) is 0 Å². The molecular weight excluding hydrogens is 226 g/mol. The van der Waals surface area contributed by atoms with Crippen LogP contribution in [0.2, 0.25) is 0 Å². The van der Waals surface area contributed by atoms with Crippen molar-refractivity contribution in [2.24, 2.45) is 13.0 Å². The Labute approximate surface area is 111 Å². The normalized spacial score (nSPS) is 13.0. The zero-order chi connectivity index (χ0) is 13.5. The Kier molecular flexibility index (Phi) is 6.19. The van der Waals surface area contributed by atoms with Gasteiger partial charge in [-0.15, -0.1) is 0 Å². The molecule has 0 fully saturated rings. The Morgan fingerprint density at radius 2 is 2.17 bits per heavy atom. The van der Waals surface area contributed by atoms with E-state index in [2.05, 4.69) is 31.2 Å². The third-order valence-electron chi connectivity index (χ3n) is 3.40. The summed E-state index contributed by atoms with van der Waals surface area (Å²) in [6.07, 6.45) is 5.09. The maximum atomic E-state index is 5.34. The Morgan fingerprint density at radius 1 is 1.44 bits per heavy atom. The van der Waals surface area contributed by atoms with Gasteiger partial charge in [-0.3, -0.25) is 4.68 Å². The van der Waals surface area contributed by atoms with Crippen LogP contribution in [0.1, 0.15) is 39.3 Å². The van der Waals surface area contributed by atoms with Crippen LogP contribution < -0.4 is 10.1 Å². The summed E-state index contributed by atoms with van der Waals surface area (Å²) in [5.41, 5.74) is 1.18. The molecule has 1 N–H and O–H groups in total. The summed E-state index contributed by atoms with van der Waals surface area (Å²) in [7, 11) is 3.68. The van der Waals surface area contributed by atoms with Crippen molar-refractivity contribution in [2.75, 3.05) is 13.7 Å². The van der Waals surface area contributed by atoms with Gasteiger partial charge < -0.3 is 10.1 Å². The maximum absolute atomic E-state index is 5.34. The van der Waals surface area contributed by atoms with Gasteiger partial charge >= 0.3 is 0 Å². The molecule has 104 valence electrons. The zero-order valence-electron chi connectivity index (χ0n) is 12.4. The van der Waals surface area contributed by atoms with Gasteiger partial charge in [0.25, 0.3) is 0 Å². The highest BCUT2D eigenvalue weighted by atomic mass is 16.5. The number of rotatable bonds is 8. The fourth-order valence-corrected chi connectivity index (χ4v) is 2.19. The lowest BCUT2D eigenvalue weighted by Gasteiger charge is -2.22. The lowest BCUT2D eigenvalue weighted by atomic mass is 9.98. The highest BCUT2D eigenvalue weighted by Crippen LogP contribution is 2.20. The van der Waals surface area contributed by atoms with Crippen LogP contribution in [0.4, 0.5) is 0 Å². The molecule has 4 nitrogen and oxygen atoms in total. The van der Waals surface area contributed by atoms with Gasteiger partial charge in [-0.1, -0.05) is 20.8 Å². The summed E-state index contributed by atoms with van der Waals surface area (Å²) in [6, 6.07) is 0.560. The Bertz CT molecular complexity index is 347. The number of aryl methyl sites for hydroxylation is 1. The van der Waals surface area contributed by atoms with Gasteiger partial charge in [-0.2, -0.15) is 5.10 Å². The zero-order valence-corrected chi connectivity index (χ0v) is 12.4. The molecule has 0 aliphatic heterocycles. The highest BCUT2D eigenvalue weighted by molar-refractivity contribution is 5.25. The van der Waals surface area contributed by atoms with Crippen LogP contribution in [-0.4, -0.2) is 29.5 Å². The number of ether oxygens (including phenoxy) is 1. The van der Waals surface area contributed by atoms with E-state index in [1.54, 1.807) is 13.3 Å². The first-order valence-electron chi connectivity index (χ1n) is 6.88.